The summed E-state index contributed by atoms with van der Waals surface area (Å²) >= 11 is 0. The number of hydrogen-bond donors (Lipinski definition) is 7. The van der Waals surface area contributed by atoms with Crippen molar-refractivity contribution < 1.29 is 76.3 Å². The average Bonchev–Trinajstić information content (AvgIpc) is 0.815. The fourth-order valence-electron chi connectivity index (χ4n) is 12.6. The normalized spacial score (nSPS) is 18.6. The van der Waals surface area contributed by atoms with Gasteiger partial charge in [-0.25, -0.2) is 38.4 Å². The average molecular weight is 1720 g/mol. The van der Waals surface area contributed by atoms with Crippen molar-refractivity contribution in [2.75, 3.05) is 52.4 Å². The third kappa shape index (κ3) is 38.5. The highest BCUT2D eigenvalue weighted by atomic mass is 31.1. The van der Waals surface area contributed by atoms with Crippen LogP contribution in [0.3, 0.4) is 0 Å². The zero-order valence-corrected chi connectivity index (χ0v) is 72.4. The molecule has 123 heavy (non-hydrogen) atoms. The van der Waals surface area contributed by atoms with Gasteiger partial charge in [0.05, 0.1) is 24.2 Å². The Morgan fingerprint density at radius 2 is 0.553 bits per heavy atom. The number of nitrogens with two attached hydrogens (primary N) is 3. The number of nitrogens with zero attached hydrogens (tertiary/aromatic N) is 7. The van der Waals surface area contributed by atoms with Crippen LogP contribution in [0.5, 0.6) is 0 Å². The molecule has 0 saturated carbocycles. The number of azide groups is 1. The molecular formula is C92H129N14O16P. The molecule has 4 heterocycles. The van der Waals surface area contributed by atoms with E-state index in [-0.39, 0.29) is 102 Å². The molecule has 0 radical (unpaired) electrons. The van der Waals surface area contributed by atoms with Crippen LogP contribution >= 0.6 is 7.92 Å². The van der Waals surface area contributed by atoms with E-state index in [0.29, 0.717) is 71.5 Å². The Kier molecular flexibility index (Phi) is 42.0. The molecule has 31 heteroatoms. The molecule has 11 rings (SSSR count). The van der Waals surface area contributed by atoms with E-state index in [9.17, 15) is 38.4 Å². The third-order valence-corrected chi connectivity index (χ3v) is 20.9. The highest BCUT2D eigenvalue weighted by Gasteiger charge is 2.38. The Bertz CT molecular complexity index is 4030. The number of hydrogen-bond acceptors (Lipinski definition) is 20. The molecule has 7 aromatic carbocycles. The van der Waals surface area contributed by atoms with Crippen LogP contribution in [-0.4, -0.2) is 191 Å². The van der Waals surface area contributed by atoms with E-state index in [0.717, 1.165) is 22.3 Å². The van der Waals surface area contributed by atoms with Gasteiger partial charge in [-0.2, -0.15) is 0 Å². The van der Waals surface area contributed by atoms with Crippen LogP contribution in [0, 0.1) is 0 Å². The van der Waals surface area contributed by atoms with Crippen LogP contribution in [0.4, 0.5) is 38.4 Å². The van der Waals surface area contributed by atoms with Gasteiger partial charge in [-0.15, -0.1) is 0 Å². The SMILES string of the molecule is C.C.CC(C)(C)OC(=O)N1CC[C@@H](NC(=O)OCc2ccccc2)[C@@H](N)C1.CC(C)(C)OC(=O)N1CC[C@@H](NC(=O)OCc2ccccc2)[C@@H](N)C1.CC(C)(C)OC(=O)N1CC[C@@H](NC(=O)OCc2ccccc2)[C@@H](N=[N+]=[N-])C1.CC(C)(C)OC(=O)N1CC[C@H](NC(=O)OCc2ccccc2)[C@H](N)C1.c1ccc(P(c2ccccc2)c2ccccc2)cc1. The third-order valence-electron chi connectivity index (χ3n) is 18.5. The van der Waals surface area contributed by atoms with Crippen molar-refractivity contribution in [2.24, 2.45) is 22.3 Å². The second-order valence-electron chi connectivity index (χ2n) is 33.2. The first-order valence-corrected chi connectivity index (χ1v) is 41.9. The summed E-state index contributed by atoms with van der Waals surface area (Å²) in [5, 5.41) is 19.0. The number of carbonyl (C=O) groups excluding carboxylic acids is 8. The molecule has 0 bridgehead atoms. The molecule has 4 saturated heterocycles. The molecule has 0 unspecified atom stereocenters. The number of rotatable bonds is 16. The number of benzene rings is 7. The summed E-state index contributed by atoms with van der Waals surface area (Å²) in [7, 11) is -0.446. The molecule has 8 atom stereocenters. The monoisotopic (exact) mass is 1720 g/mol. The number of alkyl carbamates (subject to hydrolysis) is 4. The molecule has 4 aliphatic rings. The number of amides is 8. The summed E-state index contributed by atoms with van der Waals surface area (Å²) in [6.07, 6.45) is -1.61. The maximum Gasteiger partial charge on any atom is 0.410 e. The molecule has 0 aliphatic carbocycles. The molecule has 30 nitrogen and oxygen atoms in total. The molecule has 10 N–H and O–H groups in total. The Morgan fingerprint density at radius 3 is 0.764 bits per heavy atom. The summed E-state index contributed by atoms with van der Waals surface area (Å²) < 4.78 is 42.2. The molecule has 4 aliphatic heterocycles. The van der Waals surface area contributed by atoms with Crippen molar-refractivity contribution in [3.8, 4) is 0 Å². The molecule has 668 valence electrons. The highest BCUT2D eigenvalue weighted by Crippen LogP contribution is 2.32. The van der Waals surface area contributed by atoms with Crippen LogP contribution in [-0.2, 0) is 64.3 Å². The van der Waals surface area contributed by atoms with Gasteiger partial charge in [0.15, 0.2) is 0 Å². The molecule has 8 amide bonds. The van der Waals surface area contributed by atoms with E-state index in [2.05, 4.69) is 122 Å². The van der Waals surface area contributed by atoms with Gasteiger partial charge in [0.1, 0.15) is 48.8 Å². The summed E-state index contributed by atoms with van der Waals surface area (Å²) in [5.41, 5.74) is 28.5. The van der Waals surface area contributed by atoms with Crippen LogP contribution in [0.2, 0.25) is 0 Å². The first-order chi connectivity index (χ1) is 57.5. The summed E-state index contributed by atoms with van der Waals surface area (Å²) in [5.74, 6) is 0. The van der Waals surface area contributed by atoms with Crippen LogP contribution < -0.4 is 54.4 Å². The first kappa shape index (κ1) is 102. The number of nitrogens with one attached hydrogen (secondary N) is 4. The van der Waals surface area contributed by atoms with E-state index in [1.165, 1.54) is 20.8 Å². The lowest BCUT2D eigenvalue weighted by Crippen LogP contribution is -2.59. The van der Waals surface area contributed by atoms with Crippen molar-refractivity contribution in [2.45, 2.75) is 221 Å². The Labute approximate surface area is 726 Å². The number of ether oxygens (including phenoxy) is 8. The van der Waals surface area contributed by atoms with E-state index in [1.807, 2.05) is 184 Å². The van der Waals surface area contributed by atoms with Crippen molar-refractivity contribution in [3.63, 3.8) is 0 Å². The smallest absolute Gasteiger partial charge is 0.410 e. The van der Waals surface area contributed by atoms with Gasteiger partial charge in [-0.3, -0.25) is 0 Å². The maximum absolute atomic E-state index is 12.2. The summed E-state index contributed by atoms with van der Waals surface area (Å²) in [6, 6.07) is 67.2. The van der Waals surface area contributed by atoms with Crippen LogP contribution in [0.1, 0.15) is 146 Å². The van der Waals surface area contributed by atoms with Crippen molar-refractivity contribution >= 4 is 72.6 Å². The van der Waals surface area contributed by atoms with Crippen molar-refractivity contribution in [1.82, 2.24) is 40.9 Å². The Hall–Kier alpha value is -11.7. The summed E-state index contributed by atoms with van der Waals surface area (Å²) in [6.45, 7) is 25.5. The van der Waals surface area contributed by atoms with E-state index in [4.69, 9.17) is 60.6 Å². The Balaban J connectivity index is 0.000000273. The van der Waals surface area contributed by atoms with E-state index < -0.39 is 72.9 Å². The predicted octanol–water partition coefficient (Wildman–Crippen LogP) is 15.1. The molecule has 4 fully saturated rings. The predicted molar refractivity (Wildman–Crippen MR) is 479 cm³/mol. The van der Waals surface area contributed by atoms with Crippen molar-refractivity contribution in [3.05, 3.63) is 245 Å². The van der Waals surface area contributed by atoms with Crippen molar-refractivity contribution in [1.29, 1.82) is 0 Å². The van der Waals surface area contributed by atoms with Crippen LogP contribution in [0.15, 0.2) is 217 Å². The lowest BCUT2D eigenvalue weighted by Gasteiger charge is -2.37. The molecule has 7 aromatic rings. The lowest BCUT2D eigenvalue weighted by molar-refractivity contribution is 0.0167. The second kappa shape index (κ2) is 50.7. The fraction of sp³-hybridized carbons (Fsp3) is 0.457. The van der Waals surface area contributed by atoms with Gasteiger partial charge in [0, 0.05) is 81.4 Å². The lowest BCUT2D eigenvalue weighted by atomic mass is 10.0. The van der Waals surface area contributed by atoms with E-state index in [1.54, 1.807) is 35.5 Å². The highest BCUT2D eigenvalue weighted by molar-refractivity contribution is 7.79. The Morgan fingerprint density at radius 1 is 0.350 bits per heavy atom. The fourth-order valence-corrected chi connectivity index (χ4v) is 14.9. The minimum absolute atomic E-state index is 0. The van der Waals surface area contributed by atoms with Gasteiger partial charge in [0.25, 0.3) is 0 Å². The molecular weight excluding hydrogens is 1590 g/mol. The van der Waals surface area contributed by atoms with Gasteiger partial charge in [-0.1, -0.05) is 232 Å². The van der Waals surface area contributed by atoms with Gasteiger partial charge in [0.2, 0.25) is 0 Å². The minimum atomic E-state index is -0.610. The number of likely N-dealkylation sites (tertiary alicyclic amines) is 4. The topological polar surface area (TPSA) is 398 Å². The van der Waals surface area contributed by atoms with E-state index >= 15 is 0 Å². The van der Waals surface area contributed by atoms with Gasteiger partial charge < -0.3 is 96.0 Å². The van der Waals surface area contributed by atoms with Crippen LogP contribution in [0.25, 0.3) is 10.4 Å². The number of carbonyl (C=O) groups is 8. The molecule has 0 spiro atoms. The van der Waals surface area contributed by atoms with Gasteiger partial charge >= 0.3 is 48.7 Å². The zero-order chi connectivity index (χ0) is 88.1. The maximum atomic E-state index is 12.2. The second-order valence-corrected chi connectivity index (χ2v) is 35.4. The summed E-state index contributed by atoms with van der Waals surface area (Å²) in [4.78, 5) is 105. The van der Waals surface area contributed by atoms with Gasteiger partial charge in [-0.05, 0) is 160 Å². The zero-order valence-electron chi connectivity index (χ0n) is 71.5. The largest absolute Gasteiger partial charge is 0.445 e. The number of piperidine rings is 4. The molecule has 0 aromatic heterocycles. The standard InChI is InChI=1S/C18H25N5O4.3C18H27N3O4.C18H15P.2CH4/c1-18(2,3)27-17(25)23-10-9-14(15(11-23)21-22-19)20-16(24)26-12-13-7-5-4-6-8-13;3*1-18(2,3)25-17(23)21-10-9-15(14(19)11-21)20-16(22)24-12-13-7-5-4-6-8-13;1-4-10-16(11-5-1)19(17-12-6-2-7-13-17)18-14-8-3-9-15-18;;/h4-8,14-15H,9-12H2,1-3H3,(H,20,24);3*4-8,14-15H,9-12,19H2,1-3H3,(H,20,22);1-15H;2*1H4/t4*14-,15+;;;/m1100.../s1. The quantitative estimate of drug-likeness (QED) is 0.0155. The first-order valence-electron chi connectivity index (χ1n) is 40.5. The minimum Gasteiger partial charge on any atom is -0.445 e.